The molecule has 0 aliphatic heterocycles. The zero-order chi connectivity index (χ0) is 8.10. The minimum absolute atomic E-state index is 0.174. The molecule has 0 fully saturated rings. The summed E-state index contributed by atoms with van der Waals surface area (Å²) in [5.74, 6) is 0.473. The Morgan fingerprint density at radius 1 is 1.73 bits per heavy atom. The molecule has 2 heteroatoms. The van der Waals surface area contributed by atoms with Gasteiger partial charge < -0.3 is 4.74 Å². The summed E-state index contributed by atoms with van der Waals surface area (Å²) in [5, 5.41) is 0. The number of allylic oxidation sites excluding steroid dienone is 2. The molecule has 1 rings (SSSR count). The Bertz CT molecular complexity index is 161. The molecule has 0 amide bonds. The average Bonchev–Trinajstić information content (AvgIpc) is 2.39. The first-order valence-electron chi connectivity index (χ1n) is 4.09. The predicted octanol–water partition coefficient (Wildman–Crippen LogP) is 1.91. The van der Waals surface area contributed by atoms with Crippen LogP contribution in [0.4, 0.5) is 0 Å². The third kappa shape index (κ3) is 3.21. The van der Waals surface area contributed by atoms with E-state index in [0.717, 1.165) is 6.42 Å². The molecule has 1 aliphatic carbocycles. The topological polar surface area (TPSA) is 26.3 Å². The first-order valence-corrected chi connectivity index (χ1v) is 4.09. The van der Waals surface area contributed by atoms with Crippen LogP contribution in [0.2, 0.25) is 0 Å². The standard InChI is InChI=1S/C9H14O2/c1-8(10)11-7-6-9-4-2-3-5-9/h2,4,9H,3,5-7H2,1H3. The molecular formula is C9H14O2. The molecule has 0 aromatic carbocycles. The lowest BCUT2D eigenvalue weighted by Gasteiger charge is -2.06. The SMILES string of the molecule is CC(=O)OCCC1C=CCC1. The second-order valence-electron chi connectivity index (χ2n) is 2.89. The lowest BCUT2D eigenvalue weighted by molar-refractivity contribution is -0.141. The second kappa shape index (κ2) is 4.16. The highest BCUT2D eigenvalue weighted by Crippen LogP contribution is 2.19. The lowest BCUT2D eigenvalue weighted by atomic mass is 10.1. The largest absolute Gasteiger partial charge is 0.466 e. The zero-order valence-corrected chi connectivity index (χ0v) is 6.88. The van der Waals surface area contributed by atoms with E-state index in [2.05, 4.69) is 12.2 Å². The minimum atomic E-state index is -0.174. The van der Waals surface area contributed by atoms with Gasteiger partial charge in [0.05, 0.1) is 6.61 Å². The van der Waals surface area contributed by atoms with Crippen LogP contribution in [0.3, 0.4) is 0 Å². The number of carbonyl (C=O) groups is 1. The average molecular weight is 154 g/mol. The maximum absolute atomic E-state index is 10.4. The van der Waals surface area contributed by atoms with Gasteiger partial charge in [0.25, 0.3) is 0 Å². The van der Waals surface area contributed by atoms with Gasteiger partial charge in [-0.05, 0) is 25.2 Å². The Morgan fingerprint density at radius 2 is 2.55 bits per heavy atom. The van der Waals surface area contributed by atoms with Gasteiger partial charge in [-0.15, -0.1) is 0 Å². The van der Waals surface area contributed by atoms with Gasteiger partial charge in [0.2, 0.25) is 0 Å². The lowest BCUT2D eigenvalue weighted by Crippen LogP contribution is -2.04. The van der Waals surface area contributed by atoms with Crippen molar-refractivity contribution in [1.82, 2.24) is 0 Å². The van der Waals surface area contributed by atoms with Gasteiger partial charge in [-0.2, -0.15) is 0 Å². The molecule has 0 heterocycles. The predicted molar refractivity (Wildman–Crippen MR) is 43.1 cm³/mol. The van der Waals surface area contributed by atoms with Crippen molar-refractivity contribution in [3.05, 3.63) is 12.2 Å². The molecule has 0 radical (unpaired) electrons. The smallest absolute Gasteiger partial charge is 0.302 e. The first-order chi connectivity index (χ1) is 5.29. The van der Waals surface area contributed by atoms with E-state index >= 15 is 0 Å². The molecule has 0 saturated heterocycles. The fourth-order valence-electron chi connectivity index (χ4n) is 1.29. The summed E-state index contributed by atoms with van der Waals surface area (Å²) >= 11 is 0. The molecule has 0 saturated carbocycles. The molecule has 11 heavy (non-hydrogen) atoms. The quantitative estimate of drug-likeness (QED) is 0.458. The van der Waals surface area contributed by atoms with E-state index in [1.807, 2.05) is 0 Å². The molecule has 1 unspecified atom stereocenters. The van der Waals surface area contributed by atoms with E-state index in [4.69, 9.17) is 4.74 Å². The molecule has 1 aliphatic rings. The van der Waals surface area contributed by atoms with E-state index in [-0.39, 0.29) is 5.97 Å². The fraction of sp³-hybridized carbons (Fsp3) is 0.667. The molecule has 0 N–H and O–H groups in total. The highest BCUT2D eigenvalue weighted by atomic mass is 16.5. The molecule has 62 valence electrons. The first kappa shape index (κ1) is 8.31. The monoisotopic (exact) mass is 154 g/mol. The summed E-state index contributed by atoms with van der Waals surface area (Å²) in [5.41, 5.74) is 0. The number of carbonyl (C=O) groups excluding carboxylic acids is 1. The van der Waals surface area contributed by atoms with Gasteiger partial charge in [0, 0.05) is 6.92 Å². The molecule has 2 nitrogen and oxygen atoms in total. The molecule has 1 atom stereocenters. The summed E-state index contributed by atoms with van der Waals surface area (Å²) in [6, 6.07) is 0. The van der Waals surface area contributed by atoms with Crippen molar-refractivity contribution in [1.29, 1.82) is 0 Å². The summed E-state index contributed by atoms with van der Waals surface area (Å²) in [6.07, 6.45) is 7.80. The number of hydrogen-bond donors (Lipinski definition) is 0. The van der Waals surface area contributed by atoms with Crippen LogP contribution in [-0.2, 0) is 9.53 Å². The summed E-state index contributed by atoms with van der Waals surface area (Å²) in [4.78, 5) is 10.4. The summed E-state index contributed by atoms with van der Waals surface area (Å²) < 4.78 is 4.83. The molecule has 0 aromatic heterocycles. The van der Waals surface area contributed by atoms with Crippen LogP contribution in [0.1, 0.15) is 26.2 Å². The number of hydrogen-bond acceptors (Lipinski definition) is 2. The van der Waals surface area contributed by atoms with Gasteiger partial charge in [-0.1, -0.05) is 12.2 Å². The second-order valence-corrected chi connectivity index (χ2v) is 2.89. The van der Waals surface area contributed by atoms with E-state index in [1.165, 1.54) is 19.8 Å². The van der Waals surface area contributed by atoms with Crippen LogP contribution < -0.4 is 0 Å². The highest BCUT2D eigenvalue weighted by Gasteiger charge is 2.08. The third-order valence-corrected chi connectivity index (χ3v) is 1.91. The van der Waals surface area contributed by atoms with Gasteiger partial charge in [0.1, 0.15) is 0 Å². The van der Waals surface area contributed by atoms with Crippen LogP contribution in [0.15, 0.2) is 12.2 Å². The Balaban J connectivity index is 2.03. The van der Waals surface area contributed by atoms with Gasteiger partial charge >= 0.3 is 5.97 Å². The number of rotatable bonds is 3. The molecular weight excluding hydrogens is 140 g/mol. The Hall–Kier alpha value is -0.790. The highest BCUT2D eigenvalue weighted by molar-refractivity contribution is 5.65. The van der Waals surface area contributed by atoms with Gasteiger partial charge in [-0.25, -0.2) is 0 Å². The van der Waals surface area contributed by atoms with Crippen molar-refractivity contribution < 1.29 is 9.53 Å². The maximum atomic E-state index is 10.4. The van der Waals surface area contributed by atoms with Crippen LogP contribution >= 0.6 is 0 Å². The Kier molecular flexibility index (Phi) is 3.14. The van der Waals surface area contributed by atoms with Crippen molar-refractivity contribution in [3.63, 3.8) is 0 Å². The molecule has 0 aromatic rings. The van der Waals surface area contributed by atoms with Gasteiger partial charge in [0.15, 0.2) is 0 Å². The van der Waals surface area contributed by atoms with Crippen molar-refractivity contribution >= 4 is 5.97 Å². The number of ether oxygens (including phenoxy) is 1. The maximum Gasteiger partial charge on any atom is 0.302 e. The number of esters is 1. The van der Waals surface area contributed by atoms with Crippen molar-refractivity contribution in [2.24, 2.45) is 5.92 Å². The van der Waals surface area contributed by atoms with Crippen molar-refractivity contribution in [2.75, 3.05) is 6.61 Å². The molecule has 0 spiro atoms. The Morgan fingerprint density at radius 3 is 3.09 bits per heavy atom. The van der Waals surface area contributed by atoms with E-state index < -0.39 is 0 Å². The third-order valence-electron chi connectivity index (χ3n) is 1.91. The fourth-order valence-corrected chi connectivity index (χ4v) is 1.29. The van der Waals surface area contributed by atoms with E-state index in [0.29, 0.717) is 12.5 Å². The van der Waals surface area contributed by atoms with Crippen LogP contribution in [-0.4, -0.2) is 12.6 Å². The minimum Gasteiger partial charge on any atom is -0.466 e. The molecule has 0 bridgehead atoms. The zero-order valence-electron chi connectivity index (χ0n) is 6.88. The van der Waals surface area contributed by atoms with Crippen LogP contribution in [0.5, 0.6) is 0 Å². The summed E-state index contributed by atoms with van der Waals surface area (Å²) in [6.45, 7) is 2.02. The normalized spacial score (nSPS) is 22.1. The van der Waals surface area contributed by atoms with Gasteiger partial charge in [-0.3, -0.25) is 4.79 Å². The van der Waals surface area contributed by atoms with E-state index in [1.54, 1.807) is 0 Å². The van der Waals surface area contributed by atoms with Crippen molar-refractivity contribution in [3.8, 4) is 0 Å². The van der Waals surface area contributed by atoms with Crippen LogP contribution in [0, 0.1) is 5.92 Å². The van der Waals surface area contributed by atoms with Crippen molar-refractivity contribution in [2.45, 2.75) is 26.2 Å². The van der Waals surface area contributed by atoms with E-state index in [9.17, 15) is 4.79 Å². The Labute approximate surface area is 67.2 Å². The summed E-state index contributed by atoms with van der Waals surface area (Å²) in [7, 11) is 0. The van der Waals surface area contributed by atoms with Crippen LogP contribution in [0.25, 0.3) is 0 Å².